The van der Waals surface area contributed by atoms with E-state index in [0.29, 0.717) is 22.8 Å². The molecule has 4 nitrogen and oxygen atoms in total. The number of aromatic hydroxyl groups is 1. The van der Waals surface area contributed by atoms with E-state index in [-0.39, 0.29) is 11.6 Å². The standard InChI is InChI=1S/C15H10BrClN2O2/c16-10-4-5-12(13(20)8-10)15-18-14(19-21-15)7-9-2-1-3-11(17)6-9/h1-6,8,20H,7H2. The molecule has 21 heavy (non-hydrogen) atoms. The molecule has 0 aliphatic rings. The molecular weight excluding hydrogens is 356 g/mol. The van der Waals surface area contributed by atoms with Gasteiger partial charge in [-0.25, -0.2) is 0 Å². The van der Waals surface area contributed by atoms with Crippen molar-refractivity contribution in [3.63, 3.8) is 0 Å². The van der Waals surface area contributed by atoms with Crippen molar-refractivity contribution >= 4 is 27.5 Å². The number of benzene rings is 2. The Morgan fingerprint density at radius 3 is 2.81 bits per heavy atom. The highest BCUT2D eigenvalue weighted by molar-refractivity contribution is 9.10. The van der Waals surface area contributed by atoms with Crippen LogP contribution in [0.1, 0.15) is 11.4 Å². The summed E-state index contributed by atoms with van der Waals surface area (Å²) in [7, 11) is 0. The smallest absolute Gasteiger partial charge is 0.261 e. The first-order chi connectivity index (χ1) is 10.1. The van der Waals surface area contributed by atoms with Gasteiger partial charge >= 0.3 is 0 Å². The predicted octanol–water partition coefficient (Wildman–Crippen LogP) is 4.45. The van der Waals surface area contributed by atoms with Crippen LogP contribution in [0.4, 0.5) is 0 Å². The lowest BCUT2D eigenvalue weighted by molar-refractivity contribution is 0.418. The minimum Gasteiger partial charge on any atom is -0.507 e. The highest BCUT2D eigenvalue weighted by atomic mass is 79.9. The maximum atomic E-state index is 9.90. The lowest BCUT2D eigenvalue weighted by Crippen LogP contribution is -1.90. The quantitative estimate of drug-likeness (QED) is 0.745. The molecule has 0 aliphatic carbocycles. The van der Waals surface area contributed by atoms with Crippen LogP contribution in [0.25, 0.3) is 11.5 Å². The zero-order valence-corrected chi connectivity index (χ0v) is 13.1. The van der Waals surface area contributed by atoms with Crippen molar-refractivity contribution in [1.82, 2.24) is 10.1 Å². The van der Waals surface area contributed by atoms with Gasteiger partial charge in [0.2, 0.25) is 0 Å². The van der Waals surface area contributed by atoms with E-state index >= 15 is 0 Å². The number of aromatic nitrogens is 2. The molecule has 6 heteroatoms. The number of nitrogens with zero attached hydrogens (tertiary/aromatic N) is 2. The summed E-state index contributed by atoms with van der Waals surface area (Å²) in [5.41, 5.74) is 1.50. The maximum absolute atomic E-state index is 9.90. The summed E-state index contributed by atoms with van der Waals surface area (Å²) in [4.78, 5) is 4.30. The molecule has 0 aliphatic heterocycles. The van der Waals surface area contributed by atoms with Gasteiger partial charge in [0.25, 0.3) is 5.89 Å². The SMILES string of the molecule is Oc1cc(Br)ccc1-c1nc(Cc2cccc(Cl)c2)no1. The first-order valence-corrected chi connectivity index (χ1v) is 7.35. The minimum atomic E-state index is 0.0855. The van der Waals surface area contributed by atoms with Crippen LogP contribution >= 0.6 is 27.5 Å². The third kappa shape index (κ3) is 3.25. The molecule has 1 aromatic heterocycles. The Labute approximate surface area is 134 Å². The van der Waals surface area contributed by atoms with Crippen molar-refractivity contribution in [1.29, 1.82) is 0 Å². The number of hydrogen-bond donors (Lipinski definition) is 1. The lowest BCUT2D eigenvalue weighted by atomic mass is 10.1. The van der Waals surface area contributed by atoms with E-state index in [4.69, 9.17) is 16.1 Å². The number of phenols is 1. The summed E-state index contributed by atoms with van der Waals surface area (Å²) >= 11 is 9.23. The van der Waals surface area contributed by atoms with E-state index in [0.717, 1.165) is 10.0 Å². The molecule has 1 N–H and O–H groups in total. The largest absolute Gasteiger partial charge is 0.507 e. The van der Waals surface area contributed by atoms with Gasteiger partial charge in [0, 0.05) is 15.9 Å². The molecule has 1 heterocycles. The topological polar surface area (TPSA) is 59.2 Å². The minimum absolute atomic E-state index is 0.0855. The average Bonchev–Trinajstić information content (AvgIpc) is 2.87. The van der Waals surface area contributed by atoms with Gasteiger partial charge in [-0.05, 0) is 35.9 Å². The normalized spacial score (nSPS) is 10.8. The molecule has 3 aromatic rings. The number of phenolic OH excluding ortho intramolecular Hbond substituents is 1. The maximum Gasteiger partial charge on any atom is 0.261 e. The Morgan fingerprint density at radius 2 is 2.05 bits per heavy atom. The van der Waals surface area contributed by atoms with Crippen LogP contribution in [-0.4, -0.2) is 15.2 Å². The molecule has 0 unspecified atom stereocenters. The van der Waals surface area contributed by atoms with Crippen LogP contribution in [0.2, 0.25) is 5.02 Å². The van der Waals surface area contributed by atoms with E-state index in [9.17, 15) is 5.11 Å². The molecule has 0 saturated heterocycles. The van der Waals surface area contributed by atoms with Crippen LogP contribution in [0.15, 0.2) is 51.5 Å². The van der Waals surface area contributed by atoms with Crippen molar-refractivity contribution < 1.29 is 9.63 Å². The molecule has 0 saturated carbocycles. The van der Waals surface area contributed by atoms with Crippen LogP contribution in [0.3, 0.4) is 0 Å². The number of hydrogen-bond acceptors (Lipinski definition) is 4. The molecule has 106 valence electrons. The summed E-state index contributed by atoms with van der Waals surface area (Å²) in [6, 6.07) is 12.6. The molecule has 3 rings (SSSR count). The summed E-state index contributed by atoms with van der Waals surface area (Å²) in [5, 5.41) is 14.5. The number of halogens is 2. The third-order valence-electron chi connectivity index (χ3n) is 2.91. The average molecular weight is 366 g/mol. The monoisotopic (exact) mass is 364 g/mol. The fourth-order valence-electron chi connectivity index (χ4n) is 1.95. The van der Waals surface area contributed by atoms with E-state index < -0.39 is 0 Å². The molecule has 0 radical (unpaired) electrons. The van der Waals surface area contributed by atoms with Gasteiger partial charge in [0.05, 0.1) is 5.56 Å². The van der Waals surface area contributed by atoms with Crippen molar-refractivity contribution in [2.75, 3.05) is 0 Å². The Balaban J connectivity index is 1.86. The molecule has 0 fully saturated rings. The predicted molar refractivity (Wildman–Crippen MR) is 83.4 cm³/mol. The van der Waals surface area contributed by atoms with Gasteiger partial charge in [-0.15, -0.1) is 0 Å². The second-order valence-corrected chi connectivity index (χ2v) is 5.84. The van der Waals surface area contributed by atoms with Crippen molar-refractivity contribution in [2.24, 2.45) is 0 Å². The first kappa shape index (κ1) is 14.1. The zero-order valence-electron chi connectivity index (χ0n) is 10.8. The Hall–Kier alpha value is -1.85. The Kier molecular flexibility index (Phi) is 3.94. The van der Waals surface area contributed by atoms with Crippen molar-refractivity contribution in [3.8, 4) is 17.2 Å². The van der Waals surface area contributed by atoms with E-state index in [2.05, 4.69) is 26.1 Å². The highest BCUT2D eigenvalue weighted by Crippen LogP contribution is 2.30. The summed E-state index contributed by atoms with van der Waals surface area (Å²) in [6.07, 6.45) is 0.515. The summed E-state index contributed by atoms with van der Waals surface area (Å²) in [5.74, 6) is 0.911. The van der Waals surface area contributed by atoms with Gasteiger partial charge in [-0.2, -0.15) is 4.98 Å². The van der Waals surface area contributed by atoms with Crippen molar-refractivity contribution in [3.05, 3.63) is 63.3 Å². The third-order valence-corrected chi connectivity index (χ3v) is 3.64. The van der Waals surface area contributed by atoms with Gasteiger partial charge in [-0.3, -0.25) is 0 Å². The summed E-state index contributed by atoms with van der Waals surface area (Å²) in [6.45, 7) is 0. The van der Waals surface area contributed by atoms with Gasteiger partial charge < -0.3 is 9.63 Å². The van der Waals surface area contributed by atoms with E-state index in [1.165, 1.54) is 0 Å². The fourth-order valence-corrected chi connectivity index (χ4v) is 2.51. The van der Waals surface area contributed by atoms with Gasteiger partial charge in [0.15, 0.2) is 5.82 Å². The molecule has 2 aromatic carbocycles. The second kappa shape index (κ2) is 5.87. The molecule has 0 spiro atoms. The van der Waals surface area contributed by atoms with Crippen LogP contribution in [0, 0.1) is 0 Å². The first-order valence-electron chi connectivity index (χ1n) is 6.18. The van der Waals surface area contributed by atoms with E-state index in [1.807, 2.05) is 24.3 Å². The molecular formula is C15H10BrClN2O2. The summed E-state index contributed by atoms with van der Waals surface area (Å²) < 4.78 is 5.98. The zero-order chi connectivity index (χ0) is 14.8. The lowest BCUT2D eigenvalue weighted by Gasteiger charge is -1.99. The number of rotatable bonds is 3. The van der Waals surface area contributed by atoms with Gasteiger partial charge in [-0.1, -0.05) is 44.8 Å². The van der Waals surface area contributed by atoms with Crippen molar-refractivity contribution in [2.45, 2.75) is 6.42 Å². The Bertz CT molecular complexity index is 789. The van der Waals surface area contributed by atoms with Crippen LogP contribution in [-0.2, 0) is 6.42 Å². The van der Waals surface area contributed by atoms with Crippen LogP contribution < -0.4 is 0 Å². The highest BCUT2D eigenvalue weighted by Gasteiger charge is 2.13. The van der Waals surface area contributed by atoms with E-state index in [1.54, 1.807) is 18.2 Å². The Morgan fingerprint density at radius 1 is 1.19 bits per heavy atom. The second-order valence-electron chi connectivity index (χ2n) is 4.48. The van der Waals surface area contributed by atoms with Gasteiger partial charge in [0.1, 0.15) is 5.75 Å². The van der Waals surface area contributed by atoms with Crippen LogP contribution in [0.5, 0.6) is 5.75 Å². The fraction of sp³-hybridized carbons (Fsp3) is 0.0667. The molecule has 0 atom stereocenters. The molecule has 0 bridgehead atoms. The molecule has 0 amide bonds.